The van der Waals surface area contributed by atoms with Gasteiger partial charge < -0.3 is 5.11 Å². The Balaban J connectivity index is 2.31. The summed E-state index contributed by atoms with van der Waals surface area (Å²) in [5.41, 5.74) is 0. The third kappa shape index (κ3) is 3.51. The molecule has 0 aromatic rings. The Hall–Kier alpha value is 0.310. The van der Waals surface area contributed by atoms with Crippen molar-refractivity contribution >= 4 is 11.8 Å². The fourth-order valence-electron chi connectivity index (χ4n) is 2.30. The Morgan fingerprint density at radius 1 is 1.38 bits per heavy atom. The molecule has 0 heterocycles. The van der Waals surface area contributed by atoms with E-state index in [1.807, 2.05) is 11.8 Å². The molecule has 0 bridgehead atoms. The normalized spacial score (nSPS) is 34.8. The zero-order valence-corrected chi connectivity index (χ0v) is 9.65. The highest BCUT2D eigenvalue weighted by molar-refractivity contribution is 7.98. The number of hydrogen-bond acceptors (Lipinski definition) is 2. The molecule has 0 amide bonds. The highest BCUT2D eigenvalue weighted by atomic mass is 32.2. The predicted molar refractivity (Wildman–Crippen MR) is 60.1 cm³/mol. The second kappa shape index (κ2) is 5.92. The zero-order chi connectivity index (χ0) is 9.68. The minimum atomic E-state index is -0.00468. The van der Waals surface area contributed by atoms with Crippen molar-refractivity contribution in [1.82, 2.24) is 0 Å². The van der Waals surface area contributed by atoms with Crippen molar-refractivity contribution < 1.29 is 5.11 Å². The van der Waals surface area contributed by atoms with Crippen LogP contribution in [0.3, 0.4) is 0 Å². The lowest BCUT2D eigenvalue weighted by Crippen LogP contribution is -2.29. The second-order valence-corrected chi connectivity index (χ2v) is 5.18. The van der Waals surface area contributed by atoms with E-state index in [4.69, 9.17) is 0 Å². The molecule has 0 saturated heterocycles. The summed E-state index contributed by atoms with van der Waals surface area (Å²) in [6, 6.07) is 0. The number of hydrogen-bond donors (Lipinski definition) is 1. The zero-order valence-electron chi connectivity index (χ0n) is 8.83. The lowest BCUT2D eigenvalue weighted by atomic mass is 9.77. The molecule has 1 rings (SSSR count). The molecule has 0 aromatic heterocycles. The van der Waals surface area contributed by atoms with Crippen molar-refractivity contribution in [3.8, 4) is 0 Å². The summed E-state index contributed by atoms with van der Waals surface area (Å²) < 4.78 is 0. The van der Waals surface area contributed by atoms with E-state index >= 15 is 0 Å². The van der Waals surface area contributed by atoms with Crippen molar-refractivity contribution in [2.45, 2.75) is 45.1 Å². The van der Waals surface area contributed by atoms with E-state index in [1.165, 1.54) is 31.4 Å². The number of aliphatic hydroxyl groups is 1. The van der Waals surface area contributed by atoms with E-state index < -0.39 is 0 Å². The van der Waals surface area contributed by atoms with Crippen molar-refractivity contribution in [2.24, 2.45) is 11.8 Å². The van der Waals surface area contributed by atoms with Gasteiger partial charge in [-0.25, -0.2) is 0 Å². The molecule has 0 aromatic carbocycles. The summed E-state index contributed by atoms with van der Waals surface area (Å²) in [6.45, 7) is 2.27. The first-order chi connectivity index (χ1) is 6.27. The predicted octanol–water partition coefficient (Wildman–Crippen LogP) is 2.93. The van der Waals surface area contributed by atoms with Crippen LogP contribution in [0.25, 0.3) is 0 Å². The van der Waals surface area contributed by atoms with Crippen LogP contribution in [0, 0.1) is 11.8 Å². The Morgan fingerprint density at radius 3 is 2.77 bits per heavy atom. The van der Waals surface area contributed by atoms with Crippen LogP contribution in [0.1, 0.15) is 39.0 Å². The molecule has 3 atom stereocenters. The molecule has 0 spiro atoms. The Bertz CT molecular complexity index is 138. The van der Waals surface area contributed by atoms with E-state index in [0.717, 1.165) is 12.3 Å². The van der Waals surface area contributed by atoms with Crippen LogP contribution in [0.15, 0.2) is 0 Å². The minimum Gasteiger partial charge on any atom is -0.393 e. The molecular formula is C11H22OS. The Labute approximate surface area is 86.3 Å². The van der Waals surface area contributed by atoms with Gasteiger partial charge >= 0.3 is 0 Å². The molecule has 1 aliphatic rings. The Kier molecular flexibility index (Phi) is 5.18. The number of thioether (sulfide) groups is 1. The van der Waals surface area contributed by atoms with Crippen LogP contribution in [0.4, 0.5) is 0 Å². The van der Waals surface area contributed by atoms with E-state index in [9.17, 15) is 5.11 Å². The molecule has 78 valence electrons. The van der Waals surface area contributed by atoms with Gasteiger partial charge in [-0.15, -0.1) is 0 Å². The average Bonchev–Trinajstić information content (AvgIpc) is 2.17. The molecule has 1 fully saturated rings. The van der Waals surface area contributed by atoms with Gasteiger partial charge in [0.15, 0.2) is 0 Å². The maximum Gasteiger partial charge on any atom is 0.0568 e. The summed E-state index contributed by atoms with van der Waals surface area (Å²) in [6.07, 6.45) is 8.19. The first kappa shape index (κ1) is 11.4. The molecule has 1 aliphatic carbocycles. The number of aliphatic hydroxyl groups excluding tert-OH is 1. The summed E-state index contributed by atoms with van der Waals surface area (Å²) in [4.78, 5) is 0. The molecule has 0 aliphatic heterocycles. The van der Waals surface area contributed by atoms with E-state index in [-0.39, 0.29) is 6.10 Å². The van der Waals surface area contributed by atoms with Crippen molar-refractivity contribution in [3.63, 3.8) is 0 Å². The lowest BCUT2D eigenvalue weighted by molar-refractivity contribution is 0.0461. The van der Waals surface area contributed by atoms with Gasteiger partial charge in [0.05, 0.1) is 6.10 Å². The summed E-state index contributed by atoms with van der Waals surface area (Å²) in [7, 11) is 0. The maximum absolute atomic E-state index is 9.80. The largest absolute Gasteiger partial charge is 0.393 e. The van der Waals surface area contributed by atoms with Crippen molar-refractivity contribution in [2.75, 3.05) is 12.0 Å². The minimum absolute atomic E-state index is 0.00468. The fourth-order valence-corrected chi connectivity index (χ4v) is 2.83. The van der Waals surface area contributed by atoms with Crippen LogP contribution >= 0.6 is 11.8 Å². The van der Waals surface area contributed by atoms with Gasteiger partial charge in [-0.1, -0.05) is 13.3 Å². The van der Waals surface area contributed by atoms with Gasteiger partial charge in [0.1, 0.15) is 0 Å². The van der Waals surface area contributed by atoms with Gasteiger partial charge in [0.2, 0.25) is 0 Å². The summed E-state index contributed by atoms with van der Waals surface area (Å²) >= 11 is 1.90. The molecule has 1 N–H and O–H groups in total. The van der Waals surface area contributed by atoms with Gasteiger partial charge in [-0.2, -0.15) is 11.8 Å². The van der Waals surface area contributed by atoms with Crippen LogP contribution in [0.5, 0.6) is 0 Å². The summed E-state index contributed by atoms with van der Waals surface area (Å²) in [5.74, 6) is 2.68. The Morgan fingerprint density at radius 2 is 2.15 bits per heavy atom. The average molecular weight is 202 g/mol. The molecule has 0 radical (unpaired) electrons. The number of rotatable bonds is 4. The van der Waals surface area contributed by atoms with Gasteiger partial charge in [0.25, 0.3) is 0 Å². The molecule has 1 nitrogen and oxygen atoms in total. The third-order valence-corrected chi connectivity index (χ3v) is 3.96. The molecular weight excluding hydrogens is 180 g/mol. The van der Waals surface area contributed by atoms with Crippen molar-refractivity contribution in [1.29, 1.82) is 0 Å². The highest BCUT2D eigenvalue weighted by Crippen LogP contribution is 2.33. The van der Waals surface area contributed by atoms with Crippen molar-refractivity contribution in [3.05, 3.63) is 0 Å². The van der Waals surface area contributed by atoms with E-state index in [1.54, 1.807) is 0 Å². The van der Waals surface area contributed by atoms with Gasteiger partial charge in [0, 0.05) is 0 Å². The quantitative estimate of drug-likeness (QED) is 0.756. The topological polar surface area (TPSA) is 20.2 Å². The highest BCUT2D eigenvalue weighted by Gasteiger charge is 2.27. The second-order valence-electron chi connectivity index (χ2n) is 4.20. The van der Waals surface area contributed by atoms with E-state index in [2.05, 4.69) is 13.2 Å². The van der Waals surface area contributed by atoms with Gasteiger partial charge in [-0.3, -0.25) is 0 Å². The van der Waals surface area contributed by atoms with E-state index in [0.29, 0.717) is 5.92 Å². The van der Waals surface area contributed by atoms with Gasteiger partial charge in [-0.05, 0) is 49.5 Å². The van der Waals surface area contributed by atoms with Crippen LogP contribution in [0.2, 0.25) is 0 Å². The lowest BCUT2D eigenvalue weighted by Gasteiger charge is -2.32. The monoisotopic (exact) mass is 202 g/mol. The smallest absolute Gasteiger partial charge is 0.0568 e. The van der Waals surface area contributed by atoms with Crippen LogP contribution in [-0.2, 0) is 0 Å². The van der Waals surface area contributed by atoms with Crippen LogP contribution in [-0.4, -0.2) is 23.2 Å². The SMILES string of the molecule is CCC1CCC(O)C(CCSC)C1. The fraction of sp³-hybridized carbons (Fsp3) is 1.00. The first-order valence-electron chi connectivity index (χ1n) is 5.45. The molecule has 3 unspecified atom stereocenters. The third-order valence-electron chi connectivity index (χ3n) is 3.32. The molecule has 2 heteroatoms. The standard InChI is InChI=1S/C11H22OS/c1-3-9-4-5-11(12)10(8-9)6-7-13-2/h9-12H,3-8H2,1-2H3. The summed E-state index contributed by atoms with van der Waals surface area (Å²) in [5, 5.41) is 9.80. The first-order valence-corrected chi connectivity index (χ1v) is 6.84. The molecule has 1 saturated carbocycles. The molecule has 13 heavy (non-hydrogen) atoms. The van der Waals surface area contributed by atoms with Crippen LogP contribution < -0.4 is 0 Å². The maximum atomic E-state index is 9.80.